The minimum atomic E-state index is -3.61. The van der Waals surface area contributed by atoms with Gasteiger partial charge in [0.25, 0.3) is 14.7 Å². The zero-order valence-electron chi connectivity index (χ0n) is 31.4. The van der Waals surface area contributed by atoms with Crippen molar-refractivity contribution in [2.24, 2.45) is 0 Å². The van der Waals surface area contributed by atoms with E-state index in [0.29, 0.717) is 46.7 Å². The van der Waals surface area contributed by atoms with Crippen LogP contribution in [0, 0.1) is 0 Å². The first kappa shape index (κ1) is 35.3. The van der Waals surface area contributed by atoms with Crippen molar-refractivity contribution in [3.05, 3.63) is 192 Å². The summed E-state index contributed by atoms with van der Waals surface area (Å²) in [4.78, 5) is 4.25. The molecule has 8 nitrogen and oxygen atoms in total. The van der Waals surface area contributed by atoms with E-state index in [2.05, 4.69) is 28.0 Å². The van der Waals surface area contributed by atoms with E-state index in [1.165, 1.54) is 0 Å². The lowest BCUT2D eigenvalue weighted by Crippen LogP contribution is -2.40. The van der Waals surface area contributed by atoms with Crippen LogP contribution in [0.1, 0.15) is 33.8 Å². The first-order valence-corrected chi connectivity index (χ1v) is 22.8. The van der Waals surface area contributed by atoms with Crippen molar-refractivity contribution in [3.63, 3.8) is 0 Å². The number of benzene rings is 7. The summed E-state index contributed by atoms with van der Waals surface area (Å²) in [6.07, 6.45) is 0. The van der Waals surface area contributed by atoms with Gasteiger partial charge >= 0.3 is 0 Å². The molecule has 7 aromatic rings. The topological polar surface area (TPSA) is 77.5 Å². The Morgan fingerprint density at radius 2 is 0.810 bits per heavy atom. The second-order valence-electron chi connectivity index (χ2n) is 15.1. The SMILES string of the molecule is O=P1(C2c3ccccc3OCN2Cc2cccc(CN3COc4ccccc4C3P3(=O)Oc4ccccc4-c4ccccc43)c2)Oc2ccccc2-c2ccccc21. The van der Waals surface area contributed by atoms with Crippen LogP contribution >= 0.6 is 14.7 Å². The molecule has 4 aliphatic rings. The molecule has 286 valence electrons. The number of para-hydroxylation sites is 4. The summed E-state index contributed by atoms with van der Waals surface area (Å²) in [5.74, 6) is 1.41. The van der Waals surface area contributed by atoms with Crippen molar-refractivity contribution < 1.29 is 27.7 Å². The van der Waals surface area contributed by atoms with E-state index in [4.69, 9.17) is 18.5 Å². The standard InChI is InChI=1S/C48H38N2O6P2/c51-57(45-26-11-5-18-37(45)35-16-1-9-24-43(35)55-57)47-39-20-3-7-22-41(39)53-31-49(47)29-33-14-13-15-34(28-33)30-50-32-54-42-23-8-4-21-40(42)48(50)58(52)46-27-12-6-19-38(46)36-17-2-10-25-44(36)56-58/h1-28,47-48H,29-32H2. The summed E-state index contributed by atoms with van der Waals surface area (Å²) < 4.78 is 57.6. The van der Waals surface area contributed by atoms with Crippen molar-refractivity contribution in [3.8, 4) is 45.3 Å². The molecule has 0 fully saturated rings. The fraction of sp³-hybridized carbons (Fsp3) is 0.125. The smallest absolute Gasteiger partial charge is 0.299 e. The van der Waals surface area contributed by atoms with Gasteiger partial charge in [-0.15, -0.1) is 0 Å². The Morgan fingerprint density at radius 1 is 0.431 bits per heavy atom. The first-order valence-electron chi connectivity index (χ1n) is 19.4. The van der Waals surface area contributed by atoms with Gasteiger partial charge in [-0.25, -0.2) is 9.80 Å². The van der Waals surface area contributed by atoms with Crippen LogP contribution in [0.15, 0.2) is 170 Å². The molecule has 0 N–H and O–H groups in total. The fourth-order valence-electron chi connectivity index (χ4n) is 9.08. The Morgan fingerprint density at radius 3 is 1.28 bits per heavy atom. The lowest BCUT2D eigenvalue weighted by atomic mass is 10.0. The molecule has 4 unspecified atom stereocenters. The molecule has 4 heterocycles. The van der Waals surface area contributed by atoms with Gasteiger partial charge in [-0.2, -0.15) is 0 Å². The lowest BCUT2D eigenvalue weighted by molar-refractivity contribution is 0.0756. The average molecular weight is 801 g/mol. The number of ether oxygens (including phenoxy) is 2. The number of fused-ring (bicyclic) bond motifs is 8. The molecule has 7 aromatic carbocycles. The molecule has 0 bridgehead atoms. The molecule has 4 atom stereocenters. The Hall–Kier alpha value is -5.88. The van der Waals surface area contributed by atoms with Gasteiger partial charge in [0.05, 0.1) is 10.6 Å². The molecule has 58 heavy (non-hydrogen) atoms. The molecule has 4 aliphatic heterocycles. The first-order chi connectivity index (χ1) is 28.5. The van der Waals surface area contributed by atoms with Crippen LogP contribution in [0.25, 0.3) is 22.3 Å². The van der Waals surface area contributed by atoms with Gasteiger partial charge in [-0.05, 0) is 58.7 Å². The Bertz CT molecular complexity index is 2660. The average Bonchev–Trinajstić information content (AvgIpc) is 3.26. The molecule has 0 saturated heterocycles. The van der Waals surface area contributed by atoms with Crippen LogP contribution in [0.4, 0.5) is 0 Å². The van der Waals surface area contributed by atoms with E-state index in [9.17, 15) is 0 Å². The largest absolute Gasteiger partial charge is 0.478 e. The Labute approximate surface area is 337 Å². The second-order valence-corrected chi connectivity index (χ2v) is 19.8. The molecule has 0 aliphatic carbocycles. The third kappa shape index (κ3) is 5.66. The van der Waals surface area contributed by atoms with Gasteiger partial charge in [-0.1, -0.05) is 133 Å². The summed E-state index contributed by atoms with van der Waals surface area (Å²) in [6, 6.07) is 55.4. The highest BCUT2D eigenvalue weighted by Gasteiger charge is 2.51. The van der Waals surface area contributed by atoms with E-state index in [1.807, 2.05) is 152 Å². The van der Waals surface area contributed by atoms with Crippen LogP contribution in [0.5, 0.6) is 23.0 Å². The number of hydrogen-bond donors (Lipinski definition) is 0. The zero-order chi connectivity index (χ0) is 38.8. The summed E-state index contributed by atoms with van der Waals surface area (Å²) >= 11 is 0. The third-order valence-electron chi connectivity index (χ3n) is 11.6. The second kappa shape index (κ2) is 13.9. The monoisotopic (exact) mass is 800 g/mol. The van der Waals surface area contributed by atoms with Crippen molar-refractivity contribution in [2.45, 2.75) is 24.7 Å². The maximum absolute atomic E-state index is 15.8. The quantitative estimate of drug-likeness (QED) is 0.154. The number of nitrogens with zero attached hydrogens (tertiary/aromatic N) is 2. The fourth-order valence-corrected chi connectivity index (χ4v) is 14.9. The molecular weight excluding hydrogens is 762 g/mol. The molecule has 0 spiro atoms. The highest BCUT2D eigenvalue weighted by atomic mass is 31.2. The summed E-state index contributed by atoms with van der Waals surface area (Å²) in [7, 11) is -7.23. The van der Waals surface area contributed by atoms with Gasteiger partial charge in [0.15, 0.2) is 0 Å². The van der Waals surface area contributed by atoms with Crippen LogP contribution < -0.4 is 29.1 Å². The molecule has 0 saturated carbocycles. The van der Waals surface area contributed by atoms with Crippen LogP contribution in [-0.4, -0.2) is 23.3 Å². The van der Waals surface area contributed by atoms with Crippen molar-refractivity contribution in [1.82, 2.24) is 9.80 Å². The Balaban J connectivity index is 0.951. The normalized spacial score (nSPS) is 22.8. The van der Waals surface area contributed by atoms with Crippen LogP contribution in [0.2, 0.25) is 0 Å². The van der Waals surface area contributed by atoms with Gasteiger partial charge in [0.2, 0.25) is 0 Å². The van der Waals surface area contributed by atoms with E-state index >= 15 is 9.13 Å². The van der Waals surface area contributed by atoms with Crippen LogP contribution in [0.3, 0.4) is 0 Å². The molecule has 0 aromatic heterocycles. The van der Waals surface area contributed by atoms with Crippen molar-refractivity contribution in [1.29, 1.82) is 0 Å². The van der Waals surface area contributed by atoms with E-state index in [0.717, 1.165) is 44.5 Å². The molecule has 10 heteroatoms. The molecular formula is C48H38N2O6P2. The zero-order valence-corrected chi connectivity index (χ0v) is 33.2. The minimum absolute atomic E-state index is 0.225. The summed E-state index contributed by atoms with van der Waals surface area (Å²) in [6.45, 7) is 1.34. The number of hydrogen-bond acceptors (Lipinski definition) is 8. The maximum Gasteiger partial charge on any atom is 0.299 e. The predicted molar refractivity (Wildman–Crippen MR) is 226 cm³/mol. The highest BCUT2D eigenvalue weighted by molar-refractivity contribution is 7.68. The van der Waals surface area contributed by atoms with E-state index < -0.39 is 26.3 Å². The molecule has 0 amide bonds. The lowest BCUT2D eigenvalue weighted by Gasteiger charge is -2.43. The van der Waals surface area contributed by atoms with Gasteiger partial charge in [0.1, 0.15) is 48.0 Å². The predicted octanol–water partition coefficient (Wildman–Crippen LogP) is 10.7. The van der Waals surface area contributed by atoms with E-state index in [1.54, 1.807) is 0 Å². The van der Waals surface area contributed by atoms with Gasteiger partial charge < -0.3 is 18.5 Å². The Kier molecular flexibility index (Phi) is 8.46. The maximum atomic E-state index is 15.8. The number of rotatable bonds is 6. The highest BCUT2D eigenvalue weighted by Crippen LogP contribution is 2.68. The van der Waals surface area contributed by atoms with Gasteiger partial charge in [-0.3, -0.25) is 9.13 Å². The summed E-state index contributed by atoms with van der Waals surface area (Å²) in [5.41, 5.74) is 7.38. The molecule has 0 radical (unpaired) electrons. The van der Waals surface area contributed by atoms with E-state index in [-0.39, 0.29) is 13.5 Å². The van der Waals surface area contributed by atoms with Crippen molar-refractivity contribution >= 4 is 25.3 Å². The summed E-state index contributed by atoms with van der Waals surface area (Å²) in [5, 5.41) is 1.41. The molecule has 11 rings (SSSR count). The third-order valence-corrected chi connectivity index (χ3v) is 17.1. The van der Waals surface area contributed by atoms with Crippen molar-refractivity contribution in [2.75, 3.05) is 13.5 Å². The minimum Gasteiger partial charge on any atom is -0.478 e. The van der Waals surface area contributed by atoms with Crippen LogP contribution in [-0.2, 0) is 22.2 Å². The van der Waals surface area contributed by atoms with Gasteiger partial charge in [0, 0.05) is 35.3 Å².